The van der Waals surface area contributed by atoms with Gasteiger partial charge in [-0.25, -0.2) is 13.2 Å². The van der Waals surface area contributed by atoms with Crippen LogP contribution in [0.1, 0.15) is 51.0 Å². The molecule has 1 aliphatic carbocycles. The molecular formula is C24H36N2O8S. The first kappa shape index (κ1) is 26.3. The predicted octanol–water partition coefficient (Wildman–Crippen LogP) is 2.49. The van der Waals surface area contributed by atoms with E-state index >= 15 is 0 Å². The summed E-state index contributed by atoms with van der Waals surface area (Å²) in [5, 5.41) is 13.7. The van der Waals surface area contributed by atoms with Crippen LogP contribution in [0.5, 0.6) is 0 Å². The van der Waals surface area contributed by atoms with Crippen LogP contribution in [0.15, 0.2) is 29.2 Å². The highest BCUT2D eigenvalue weighted by Crippen LogP contribution is 2.33. The van der Waals surface area contributed by atoms with Gasteiger partial charge in [-0.2, -0.15) is 0 Å². The lowest BCUT2D eigenvalue weighted by Crippen LogP contribution is -2.50. The van der Waals surface area contributed by atoms with Gasteiger partial charge in [0.2, 0.25) is 0 Å². The molecule has 5 atom stereocenters. The zero-order chi connectivity index (χ0) is 25.0. The van der Waals surface area contributed by atoms with E-state index in [4.69, 9.17) is 19.0 Å². The molecule has 35 heavy (non-hydrogen) atoms. The zero-order valence-corrected chi connectivity index (χ0v) is 21.1. The largest absolute Gasteiger partial charge is 0.443 e. The third-order valence-electron chi connectivity index (χ3n) is 6.91. The molecule has 0 spiro atoms. The maximum Gasteiger partial charge on any atom is 0.407 e. The van der Waals surface area contributed by atoms with Crippen LogP contribution in [-0.2, 0) is 29.1 Å². The van der Waals surface area contributed by atoms with Crippen molar-refractivity contribution in [2.45, 2.75) is 87.9 Å². The Morgan fingerprint density at radius 3 is 2.74 bits per heavy atom. The SMILES string of the molecule is CCC(NC(=O)O[C@H]1CO[C@H]2OCC[C@H]21)[C@H](O)CN(OC1CCCC1)S(=O)(=O)c1cccc(C)c1. The Labute approximate surface area is 206 Å². The number of aryl methyl sites for hydroxylation is 1. The molecule has 1 amide bonds. The molecule has 1 aromatic rings. The summed E-state index contributed by atoms with van der Waals surface area (Å²) in [5.74, 6) is 0.000486. The van der Waals surface area contributed by atoms with Crippen LogP contribution in [0.25, 0.3) is 0 Å². The van der Waals surface area contributed by atoms with Crippen molar-refractivity contribution < 1.29 is 37.4 Å². The zero-order valence-electron chi connectivity index (χ0n) is 20.3. The number of benzene rings is 1. The number of rotatable bonds is 10. The second-order valence-corrected chi connectivity index (χ2v) is 11.3. The number of carbonyl (C=O) groups is 1. The number of nitrogens with one attached hydrogen (secondary N) is 1. The second-order valence-electron chi connectivity index (χ2n) is 9.51. The van der Waals surface area contributed by atoms with Crippen LogP contribution < -0.4 is 5.32 Å². The minimum Gasteiger partial charge on any atom is -0.443 e. The molecule has 2 aliphatic heterocycles. The van der Waals surface area contributed by atoms with E-state index in [1.165, 1.54) is 6.07 Å². The lowest BCUT2D eigenvalue weighted by Gasteiger charge is -2.30. The van der Waals surface area contributed by atoms with Crippen LogP contribution in [-0.4, -0.2) is 74.5 Å². The monoisotopic (exact) mass is 512 g/mol. The number of carbonyl (C=O) groups excluding carboxylic acids is 1. The maximum atomic E-state index is 13.4. The average molecular weight is 513 g/mol. The summed E-state index contributed by atoms with van der Waals surface area (Å²) in [6.45, 7) is 4.12. The molecule has 3 fully saturated rings. The Morgan fingerprint density at radius 2 is 2.03 bits per heavy atom. The van der Waals surface area contributed by atoms with E-state index in [-0.39, 0.29) is 36.4 Å². The van der Waals surface area contributed by atoms with Gasteiger partial charge in [-0.3, -0.25) is 4.84 Å². The number of hydrogen-bond donors (Lipinski definition) is 2. The summed E-state index contributed by atoms with van der Waals surface area (Å²) in [6, 6.07) is 5.84. The molecule has 0 bridgehead atoms. The minimum absolute atomic E-state index is 0.000486. The highest BCUT2D eigenvalue weighted by molar-refractivity contribution is 7.89. The Morgan fingerprint density at radius 1 is 1.26 bits per heavy atom. The van der Waals surface area contributed by atoms with E-state index < -0.39 is 34.4 Å². The number of aliphatic hydroxyl groups excluding tert-OH is 1. The van der Waals surface area contributed by atoms with Crippen LogP contribution >= 0.6 is 0 Å². The third kappa shape index (κ3) is 6.33. The van der Waals surface area contributed by atoms with Gasteiger partial charge in [0.1, 0.15) is 6.10 Å². The lowest BCUT2D eigenvalue weighted by molar-refractivity contribution is -0.145. The van der Waals surface area contributed by atoms with Gasteiger partial charge in [0.15, 0.2) is 6.29 Å². The molecule has 2 N–H and O–H groups in total. The number of alkyl carbamates (subject to hydrolysis) is 1. The topological polar surface area (TPSA) is 124 Å². The number of hydrogen-bond acceptors (Lipinski definition) is 8. The number of ether oxygens (including phenoxy) is 3. The summed E-state index contributed by atoms with van der Waals surface area (Å²) in [7, 11) is -4.03. The van der Waals surface area contributed by atoms with Gasteiger partial charge >= 0.3 is 6.09 Å². The van der Waals surface area contributed by atoms with Gasteiger partial charge in [0.25, 0.3) is 10.0 Å². The van der Waals surface area contributed by atoms with E-state index in [0.29, 0.717) is 13.0 Å². The fourth-order valence-electron chi connectivity index (χ4n) is 4.87. The van der Waals surface area contributed by atoms with Gasteiger partial charge in [-0.15, -0.1) is 0 Å². The molecular weight excluding hydrogens is 476 g/mol. The first-order valence-corrected chi connectivity index (χ1v) is 13.9. The van der Waals surface area contributed by atoms with Crippen molar-refractivity contribution in [2.24, 2.45) is 5.92 Å². The number of nitrogens with zero attached hydrogens (tertiary/aromatic N) is 1. The van der Waals surface area contributed by atoms with Crippen molar-refractivity contribution in [2.75, 3.05) is 19.8 Å². The molecule has 196 valence electrons. The van der Waals surface area contributed by atoms with Crippen molar-refractivity contribution in [3.8, 4) is 0 Å². The van der Waals surface area contributed by atoms with E-state index in [1.807, 2.05) is 13.0 Å². The van der Waals surface area contributed by atoms with Gasteiger partial charge in [0, 0.05) is 0 Å². The second kappa shape index (κ2) is 11.5. The van der Waals surface area contributed by atoms with Gasteiger partial charge in [-0.1, -0.05) is 36.4 Å². The van der Waals surface area contributed by atoms with E-state index in [0.717, 1.165) is 42.1 Å². The normalized spacial score (nSPS) is 26.6. The van der Waals surface area contributed by atoms with Crippen molar-refractivity contribution >= 4 is 16.1 Å². The van der Waals surface area contributed by atoms with Crippen molar-refractivity contribution in [3.05, 3.63) is 29.8 Å². The summed E-state index contributed by atoms with van der Waals surface area (Å²) >= 11 is 0. The third-order valence-corrected chi connectivity index (χ3v) is 8.53. The Balaban J connectivity index is 1.42. The number of sulfonamides is 1. The Hall–Kier alpha value is -1.76. The van der Waals surface area contributed by atoms with Crippen molar-refractivity contribution in [1.82, 2.24) is 9.79 Å². The molecule has 2 heterocycles. The first-order valence-electron chi connectivity index (χ1n) is 12.4. The van der Waals surface area contributed by atoms with Gasteiger partial charge in [-0.05, 0) is 50.3 Å². The first-order chi connectivity index (χ1) is 16.8. The fourth-order valence-corrected chi connectivity index (χ4v) is 6.28. The molecule has 0 radical (unpaired) electrons. The number of hydroxylamine groups is 1. The molecule has 3 aliphatic rings. The molecule has 4 rings (SSSR count). The molecule has 1 unspecified atom stereocenters. The van der Waals surface area contributed by atoms with Crippen molar-refractivity contribution in [1.29, 1.82) is 0 Å². The minimum atomic E-state index is -4.03. The van der Waals surface area contributed by atoms with Crippen LogP contribution in [0.3, 0.4) is 0 Å². The molecule has 1 aromatic carbocycles. The predicted molar refractivity (Wildman–Crippen MR) is 126 cm³/mol. The smallest absolute Gasteiger partial charge is 0.407 e. The quantitative estimate of drug-likeness (QED) is 0.459. The number of amides is 1. The van der Waals surface area contributed by atoms with E-state index in [2.05, 4.69) is 5.32 Å². The van der Waals surface area contributed by atoms with Gasteiger partial charge < -0.3 is 24.6 Å². The molecule has 2 saturated heterocycles. The fraction of sp³-hybridized carbons (Fsp3) is 0.708. The summed E-state index contributed by atoms with van der Waals surface area (Å²) in [4.78, 5) is 18.6. The van der Waals surface area contributed by atoms with Gasteiger partial charge in [0.05, 0.1) is 48.8 Å². The number of aliphatic hydroxyl groups is 1. The molecule has 0 aromatic heterocycles. The molecule has 10 nitrogen and oxygen atoms in total. The van der Waals surface area contributed by atoms with Crippen LogP contribution in [0, 0.1) is 12.8 Å². The van der Waals surface area contributed by atoms with E-state index in [9.17, 15) is 18.3 Å². The molecule has 11 heteroatoms. The Bertz CT molecular complexity index is 968. The van der Waals surface area contributed by atoms with Crippen LogP contribution in [0.2, 0.25) is 0 Å². The standard InChI is InChI=1S/C24H36N2O8S/c1-3-20(25-24(28)33-22-15-32-23-19(22)11-12-31-23)21(27)14-26(34-17-8-4-5-9-17)35(29,30)18-10-6-7-16(2)13-18/h6-7,10,13,17,19-23,27H,3-5,8-9,11-12,14-15H2,1-2H3,(H,25,28)/t19-,20?,21+,22-,23+/m0/s1. The van der Waals surface area contributed by atoms with E-state index in [1.54, 1.807) is 19.1 Å². The lowest BCUT2D eigenvalue weighted by atomic mass is 10.0. The highest BCUT2D eigenvalue weighted by atomic mass is 32.2. The molecule has 1 saturated carbocycles. The summed E-state index contributed by atoms with van der Waals surface area (Å²) in [6.07, 6.45) is 1.69. The Kier molecular flexibility index (Phi) is 8.67. The highest BCUT2D eigenvalue weighted by Gasteiger charge is 2.44. The maximum absolute atomic E-state index is 13.4. The van der Waals surface area contributed by atoms with Crippen LogP contribution in [0.4, 0.5) is 4.79 Å². The van der Waals surface area contributed by atoms with Crippen molar-refractivity contribution in [3.63, 3.8) is 0 Å². The average Bonchev–Trinajstić information content (AvgIpc) is 3.57. The summed E-state index contributed by atoms with van der Waals surface area (Å²) < 4.78 is 44.3. The number of fused-ring (bicyclic) bond motifs is 1. The summed E-state index contributed by atoms with van der Waals surface area (Å²) in [5.41, 5.74) is 0.800.